The fourth-order valence-electron chi connectivity index (χ4n) is 0.807. The van der Waals surface area contributed by atoms with Gasteiger partial charge in [-0.15, -0.1) is 0 Å². The largest absolute Gasteiger partial charge is 0.358 e. The molecule has 0 rings (SSSR count). The van der Waals surface area contributed by atoms with Crippen molar-refractivity contribution in [2.45, 2.75) is 13.8 Å². The third-order valence-electron chi connectivity index (χ3n) is 1.59. The summed E-state index contributed by atoms with van der Waals surface area (Å²) in [4.78, 5) is 1.96. The summed E-state index contributed by atoms with van der Waals surface area (Å²) in [6.07, 6.45) is 0. The molecule has 0 bridgehead atoms. The molecule has 1 radical (unpaired) electrons. The van der Waals surface area contributed by atoms with E-state index in [1.54, 1.807) is 0 Å². The molecule has 0 aliphatic heterocycles. The van der Waals surface area contributed by atoms with Crippen LogP contribution in [0.1, 0.15) is 13.8 Å². The topological polar surface area (TPSA) is 57.6 Å². The van der Waals surface area contributed by atoms with Crippen LogP contribution in [0.25, 0.3) is 0 Å². The number of thiocarbonyl (C=S) groups is 1. The molecule has 0 aromatic heterocycles. The van der Waals surface area contributed by atoms with E-state index in [0.717, 1.165) is 13.1 Å². The first-order valence-corrected chi connectivity index (χ1v) is 7.27. The van der Waals surface area contributed by atoms with Gasteiger partial charge in [0.05, 0.1) is 5.75 Å². The van der Waals surface area contributed by atoms with E-state index in [1.807, 2.05) is 18.7 Å². The van der Waals surface area contributed by atoms with Crippen LogP contribution in [-0.4, -0.2) is 76.3 Å². The second kappa shape index (κ2) is 9.21. The predicted octanol–water partition coefficient (Wildman–Crippen LogP) is 0.853. The number of nitrogens with zero attached hydrogens (tertiary/aromatic N) is 1. The van der Waals surface area contributed by atoms with Gasteiger partial charge in [-0.2, -0.15) is 8.42 Å². The van der Waals surface area contributed by atoms with Gasteiger partial charge < -0.3 is 4.90 Å². The van der Waals surface area contributed by atoms with Crippen molar-refractivity contribution >= 4 is 68.0 Å². The molecule has 0 unspecified atom stereocenters. The molecule has 0 spiro atoms. The second-order valence-corrected chi connectivity index (χ2v) is 5.87. The fourth-order valence-corrected chi connectivity index (χ4v) is 3.11. The van der Waals surface area contributed by atoms with Crippen molar-refractivity contribution in [3.8, 4) is 0 Å². The minimum absolute atomic E-state index is 0. The van der Waals surface area contributed by atoms with Crippen LogP contribution in [0.5, 0.6) is 0 Å². The third kappa shape index (κ3) is 10.0. The summed E-state index contributed by atoms with van der Waals surface area (Å²) < 4.78 is 30.0. The van der Waals surface area contributed by atoms with E-state index in [4.69, 9.17) is 16.8 Å². The first-order chi connectivity index (χ1) is 6.40. The molecule has 0 amide bonds. The van der Waals surface area contributed by atoms with Gasteiger partial charge in [0.2, 0.25) is 0 Å². The Bertz CT molecular complexity index is 277. The minimum Gasteiger partial charge on any atom is -0.358 e. The SMILES string of the molecule is CCN(CC)C(=S)SCCS(=O)(=O)O.[Na]. The number of thioether (sulfide) groups is 1. The molecule has 4 nitrogen and oxygen atoms in total. The van der Waals surface area contributed by atoms with Gasteiger partial charge in [0.15, 0.2) is 0 Å². The molecule has 0 atom stereocenters. The molecule has 0 aliphatic carbocycles. The van der Waals surface area contributed by atoms with E-state index in [2.05, 4.69) is 0 Å². The molecule has 8 heteroatoms. The van der Waals surface area contributed by atoms with E-state index in [-0.39, 0.29) is 35.3 Å². The smallest absolute Gasteiger partial charge is 0.265 e. The quantitative estimate of drug-likeness (QED) is 0.458. The van der Waals surface area contributed by atoms with E-state index in [0.29, 0.717) is 10.1 Å². The molecular formula is C7H15NNaO3S3. The minimum atomic E-state index is -3.86. The summed E-state index contributed by atoms with van der Waals surface area (Å²) in [5.74, 6) is 0.0489. The molecule has 85 valence electrons. The maximum Gasteiger partial charge on any atom is 0.265 e. The van der Waals surface area contributed by atoms with Gasteiger partial charge in [-0.25, -0.2) is 0 Å². The van der Waals surface area contributed by atoms with Gasteiger partial charge in [-0.05, 0) is 13.8 Å². The first-order valence-electron chi connectivity index (χ1n) is 4.27. The maximum absolute atomic E-state index is 10.4. The van der Waals surface area contributed by atoms with Crippen molar-refractivity contribution in [1.29, 1.82) is 0 Å². The van der Waals surface area contributed by atoms with Gasteiger partial charge in [-0.1, -0.05) is 24.0 Å². The summed E-state index contributed by atoms with van der Waals surface area (Å²) in [6.45, 7) is 5.60. The standard InChI is InChI=1S/C7H15NO3S3.Na/c1-3-8(4-2)7(12)13-5-6-14(9,10)11;/h3-6H2,1-2H3,(H,9,10,11);. The van der Waals surface area contributed by atoms with Gasteiger partial charge in [0.25, 0.3) is 10.1 Å². The van der Waals surface area contributed by atoms with Crippen molar-refractivity contribution in [2.75, 3.05) is 24.6 Å². The van der Waals surface area contributed by atoms with Gasteiger partial charge in [0.1, 0.15) is 4.32 Å². The van der Waals surface area contributed by atoms with E-state index >= 15 is 0 Å². The first kappa shape index (κ1) is 18.5. The molecule has 0 fully saturated rings. The Morgan fingerprint density at radius 3 is 2.20 bits per heavy atom. The molecule has 0 aromatic rings. The Labute approximate surface area is 123 Å². The van der Waals surface area contributed by atoms with E-state index < -0.39 is 10.1 Å². The zero-order valence-corrected chi connectivity index (χ0v) is 13.7. The molecule has 0 aliphatic rings. The Morgan fingerprint density at radius 1 is 1.40 bits per heavy atom. The number of rotatable bonds is 5. The molecule has 0 aromatic carbocycles. The fraction of sp³-hybridized carbons (Fsp3) is 0.857. The van der Waals surface area contributed by atoms with Crippen molar-refractivity contribution in [3.63, 3.8) is 0 Å². The van der Waals surface area contributed by atoms with Crippen LogP contribution in [0, 0.1) is 0 Å². The monoisotopic (exact) mass is 280 g/mol. The zero-order valence-electron chi connectivity index (χ0n) is 9.26. The average Bonchev–Trinajstić information content (AvgIpc) is 2.04. The van der Waals surface area contributed by atoms with Gasteiger partial charge in [-0.3, -0.25) is 4.55 Å². The van der Waals surface area contributed by atoms with Crippen LogP contribution in [0.4, 0.5) is 0 Å². The molecule has 1 N–H and O–H groups in total. The summed E-state index contributed by atoms with van der Waals surface area (Å²) in [5, 5.41) is 0. The zero-order chi connectivity index (χ0) is 11.2. The van der Waals surface area contributed by atoms with Crippen LogP contribution in [0.2, 0.25) is 0 Å². The molecule has 15 heavy (non-hydrogen) atoms. The van der Waals surface area contributed by atoms with Crippen LogP contribution in [-0.2, 0) is 10.1 Å². The molecule has 0 saturated carbocycles. The van der Waals surface area contributed by atoms with E-state index in [9.17, 15) is 8.42 Å². The Morgan fingerprint density at radius 2 is 1.87 bits per heavy atom. The van der Waals surface area contributed by atoms with Crippen molar-refractivity contribution in [1.82, 2.24) is 4.90 Å². The summed E-state index contributed by atoms with van der Waals surface area (Å²) in [5.41, 5.74) is 0. The van der Waals surface area contributed by atoms with E-state index in [1.165, 1.54) is 11.8 Å². The Kier molecular flexibility index (Phi) is 11.4. The maximum atomic E-state index is 10.4. The number of hydrogen-bond acceptors (Lipinski definition) is 4. The molecule has 0 saturated heterocycles. The molecular weight excluding hydrogens is 265 g/mol. The Balaban J connectivity index is 0. The average molecular weight is 280 g/mol. The molecule has 0 heterocycles. The van der Waals surface area contributed by atoms with Crippen molar-refractivity contribution in [2.24, 2.45) is 0 Å². The summed E-state index contributed by atoms with van der Waals surface area (Å²) in [7, 11) is -3.86. The predicted molar refractivity (Wildman–Crippen MR) is 70.1 cm³/mol. The van der Waals surface area contributed by atoms with Gasteiger partial charge >= 0.3 is 0 Å². The van der Waals surface area contributed by atoms with Crippen LogP contribution >= 0.6 is 24.0 Å². The summed E-state index contributed by atoms with van der Waals surface area (Å²) >= 11 is 6.35. The van der Waals surface area contributed by atoms with Crippen LogP contribution in [0.3, 0.4) is 0 Å². The van der Waals surface area contributed by atoms with Gasteiger partial charge in [0, 0.05) is 48.4 Å². The third-order valence-corrected chi connectivity index (χ3v) is 4.09. The second-order valence-electron chi connectivity index (χ2n) is 2.57. The van der Waals surface area contributed by atoms with Crippen molar-refractivity contribution in [3.05, 3.63) is 0 Å². The van der Waals surface area contributed by atoms with Crippen molar-refractivity contribution < 1.29 is 13.0 Å². The van der Waals surface area contributed by atoms with Crippen LogP contribution in [0.15, 0.2) is 0 Å². The number of hydrogen-bond donors (Lipinski definition) is 1. The van der Waals surface area contributed by atoms with Crippen LogP contribution < -0.4 is 0 Å². The summed E-state index contributed by atoms with van der Waals surface area (Å²) in [6, 6.07) is 0. The Hall–Kier alpha value is 1.15. The normalized spacial score (nSPS) is 10.6.